The van der Waals surface area contributed by atoms with Crippen LogP contribution in [0, 0.1) is 12.8 Å². The van der Waals surface area contributed by atoms with Crippen LogP contribution in [0.5, 0.6) is 0 Å². The van der Waals surface area contributed by atoms with Crippen molar-refractivity contribution in [2.45, 2.75) is 37.6 Å². The molecule has 1 fully saturated rings. The Bertz CT molecular complexity index is 1080. The molecule has 0 saturated carbocycles. The van der Waals surface area contributed by atoms with Gasteiger partial charge in [0.15, 0.2) is 0 Å². The molecule has 7 nitrogen and oxygen atoms in total. The van der Waals surface area contributed by atoms with E-state index in [9.17, 15) is 18.0 Å². The Morgan fingerprint density at radius 2 is 1.61 bits per heavy atom. The zero-order valence-electron chi connectivity index (χ0n) is 17.4. The first-order valence-electron chi connectivity index (χ1n) is 10.1. The molecule has 166 valence electrons. The molecule has 0 spiro atoms. The van der Waals surface area contributed by atoms with E-state index in [-0.39, 0.29) is 23.3 Å². The molecule has 2 aromatic carbocycles. The Balaban J connectivity index is 0.00000272. The lowest BCUT2D eigenvalue weighted by Gasteiger charge is -2.28. The summed E-state index contributed by atoms with van der Waals surface area (Å²) in [5.74, 6) is -0.501. The summed E-state index contributed by atoms with van der Waals surface area (Å²) in [7, 11) is -3.71. The van der Waals surface area contributed by atoms with E-state index in [1.54, 1.807) is 31.2 Å². The second-order valence-electron chi connectivity index (χ2n) is 7.94. The van der Waals surface area contributed by atoms with Crippen molar-refractivity contribution < 1.29 is 18.0 Å². The van der Waals surface area contributed by atoms with Crippen molar-refractivity contribution in [1.29, 1.82) is 0 Å². The highest BCUT2D eigenvalue weighted by Crippen LogP contribution is 2.31. The molecule has 1 atom stereocenters. The minimum Gasteiger partial charge on any atom is -0.317 e. The van der Waals surface area contributed by atoms with Crippen molar-refractivity contribution in [1.82, 2.24) is 10.0 Å². The van der Waals surface area contributed by atoms with Gasteiger partial charge in [0.05, 0.1) is 21.7 Å². The number of nitrogens with zero attached hydrogens (tertiary/aromatic N) is 1. The highest BCUT2D eigenvalue weighted by Gasteiger charge is 2.37. The predicted octanol–water partition coefficient (Wildman–Crippen LogP) is 2.88. The van der Waals surface area contributed by atoms with Crippen molar-refractivity contribution in [2.24, 2.45) is 5.92 Å². The molecule has 2 heterocycles. The van der Waals surface area contributed by atoms with Crippen LogP contribution in [0.15, 0.2) is 47.4 Å². The largest absolute Gasteiger partial charge is 0.317 e. The predicted molar refractivity (Wildman–Crippen MR) is 121 cm³/mol. The molecule has 1 saturated heterocycles. The maximum atomic E-state index is 12.9. The Morgan fingerprint density at radius 3 is 2.16 bits per heavy atom. The lowest BCUT2D eigenvalue weighted by molar-refractivity contribution is 0.0926. The first kappa shape index (κ1) is 23.4. The van der Waals surface area contributed by atoms with Gasteiger partial charge in [-0.05, 0) is 81.6 Å². The summed E-state index contributed by atoms with van der Waals surface area (Å²) in [6, 6.07) is 11.0. The summed E-state index contributed by atoms with van der Waals surface area (Å²) in [4.78, 5) is 26.7. The number of fused-ring (bicyclic) bond motifs is 1. The van der Waals surface area contributed by atoms with Crippen LogP contribution in [0.3, 0.4) is 0 Å². The number of anilines is 1. The number of carbonyl (C=O) groups excluding carboxylic acids is 2. The van der Waals surface area contributed by atoms with Crippen LogP contribution in [0.1, 0.15) is 46.0 Å². The molecule has 31 heavy (non-hydrogen) atoms. The summed E-state index contributed by atoms with van der Waals surface area (Å²) < 4.78 is 28.6. The van der Waals surface area contributed by atoms with E-state index in [1.165, 1.54) is 18.2 Å². The lowest BCUT2D eigenvalue weighted by atomic mass is 9.92. The van der Waals surface area contributed by atoms with Crippen LogP contribution in [-0.2, 0) is 10.0 Å². The molecule has 2 N–H and O–H groups in total. The van der Waals surface area contributed by atoms with Gasteiger partial charge >= 0.3 is 0 Å². The van der Waals surface area contributed by atoms with Gasteiger partial charge in [-0.15, -0.1) is 12.4 Å². The molecule has 0 aliphatic carbocycles. The van der Waals surface area contributed by atoms with Gasteiger partial charge in [-0.2, -0.15) is 0 Å². The number of piperidine rings is 1. The molecule has 4 rings (SSSR count). The van der Waals surface area contributed by atoms with E-state index < -0.39 is 21.8 Å². The summed E-state index contributed by atoms with van der Waals surface area (Å²) in [6.45, 7) is 5.39. The van der Waals surface area contributed by atoms with Gasteiger partial charge in [0.2, 0.25) is 10.0 Å². The zero-order chi connectivity index (χ0) is 21.5. The average Bonchev–Trinajstić information content (AvgIpc) is 2.99. The van der Waals surface area contributed by atoms with Gasteiger partial charge in [-0.25, -0.2) is 18.0 Å². The molecule has 2 aliphatic rings. The lowest BCUT2D eigenvalue weighted by Crippen LogP contribution is -2.42. The second kappa shape index (κ2) is 9.08. The number of hydrogen-bond acceptors (Lipinski definition) is 5. The number of amides is 2. The normalized spacial score (nSPS) is 17.9. The van der Waals surface area contributed by atoms with E-state index in [1.807, 2.05) is 6.92 Å². The maximum absolute atomic E-state index is 12.9. The number of aryl methyl sites for hydroxylation is 1. The molecule has 1 unspecified atom stereocenters. The number of sulfonamides is 1. The first-order valence-corrected chi connectivity index (χ1v) is 11.6. The Hall–Kier alpha value is -2.26. The van der Waals surface area contributed by atoms with Gasteiger partial charge in [0.1, 0.15) is 0 Å². The third-order valence-electron chi connectivity index (χ3n) is 5.95. The topological polar surface area (TPSA) is 95.6 Å². The minimum absolute atomic E-state index is 0. The zero-order valence-corrected chi connectivity index (χ0v) is 19.1. The monoisotopic (exact) mass is 463 g/mol. The molecule has 0 aromatic heterocycles. The fourth-order valence-corrected chi connectivity index (χ4v) is 5.60. The van der Waals surface area contributed by atoms with E-state index in [4.69, 9.17) is 0 Å². The van der Waals surface area contributed by atoms with Crippen molar-refractivity contribution in [3.8, 4) is 0 Å². The van der Waals surface area contributed by atoms with Crippen LogP contribution in [0.4, 0.5) is 5.69 Å². The summed E-state index contributed by atoms with van der Waals surface area (Å²) in [5, 5.41) is 3.28. The van der Waals surface area contributed by atoms with Gasteiger partial charge < -0.3 is 5.32 Å². The van der Waals surface area contributed by atoms with E-state index in [0.717, 1.165) is 30.8 Å². The van der Waals surface area contributed by atoms with E-state index in [2.05, 4.69) is 10.0 Å². The summed E-state index contributed by atoms with van der Waals surface area (Å²) >= 11 is 0. The van der Waals surface area contributed by atoms with Crippen LogP contribution >= 0.6 is 12.4 Å². The maximum Gasteiger partial charge on any atom is 0.266 e. The summed E-state index contributed by atoms with van der Waals surface area (Å²) in [5.41, 5.74) is 1.65. The van der Waals surface area contributed by atoms with Gasteiger partial charge in [0, 0.05) is 6.04 Å². The molecular formula is C22H26ClN3O4S. The molecule has 9 heteroatoms. The van der Waals surface area contributed by atoms with Crippen LogP contribution < -0.4 is 14.9 Å². The van der Waals surface area contributed by atoms with Crippen molar-refractivity contribution in [2.75, 3.05) is 18.0 Å². The van der Waals surface area contributed by atoms with E-state index in [0.29, 0.717) is 28.3 Å². The summed E-state index contributed by atoms with van der Waals surface area (Å²) in [6.07, 6.45) is 1.86. The molecule has 2 amide bonds. The van der Waals surface area contributed by atoms with Crippen LogP contribution in [0.2, 0.25) is 0 Å². The molecule has 2 aromatic rings. The van der Waals surface area contributed by atoms with Gasteiger partial charge in [-0.3, -0.25) is 9.59 Å². The molecular weight excluding hydrogens is 438 g/mol. The minimum atomic E-state index is -3.71. The second-order valence-corrected chi connectivity index (χ2v) is 9.65. The first-order chi connectivity index (χ1) is 14.3. The number of imide groups is 1. The highest BCUT2D eigenvalue weighted by atomic mass is 35.5. The SMILES string of the molecule is Cc1cc(S(=O)(=O)NC(C)C2CCNCC2)ccc1N1C(=O)c2ccccc2C1=O.Cl. The van der Waals surface area contributed by atoms with Crippen LogP contribution in [0.25, 0.3) is 0 Å². The number of halogens is 1. The Labute approximate surface area is 188 Å². The Kier molecular flexibility index (Phi) is 6.85. The number of rotatable bonds is 5. The van der Waals surface area contributed by atoms with Gasteiger partial charge in [-0.1, -0.05) is 12.1 Å². The standard InChI is InChI=1S/C22H25N3O4S.ClH/c1-14-13-17(30(28,29)24-15(2)16-9-11-23-12-10-16)7-8-20(14)25-21(26)18-5-3-4-6-19(18)22(25)27;/h3-8,13,15-16,23-24H,9-12H2,1-2H3;1H. The van der Waals surface area contributed by atoms with Gasteiger partial charge in [0.25, 0.3) is 11.8 Å². The third-order valence-corrected chi connectivity index (χ3v) is 7.50. The molecule has 2 aliphatic heterocycles. The third kappa shape index (κ3) is 4.39. The fraction of sp³-hybridized carbons (Fsp3) is 0.364. The molecule has 0 radical (unpaired) electrons. The average molecular weight is 464 g/mol. The number of benzene rings is 2. The van der Waals surface area contributed by atoms with Crippen molar-refractivity contribution in [3.05, 3.63) is 59.2 Å². The fourth-order valence-electron chi connectivity index (χ4n) is 4.21. The smallest absolute Gasteiger partial charge is 0.266 e. The number of carbonyl (C=O) groups is 2. The number of nitrogens with one attached hydrogen (secondary N) is 2. The Morgan fingerprint density at radius 1 is 1.03 bits per heavy atom. The van der Waals surface area contributed by atoms with Crippen molar-refractivity contribution in [3.63, 3.8) is 0 Å². The molecule has 0 bridgehead atoms. The van der Waals surface area contributed by atoms with E-state index >= 15 is 0 Å². The van der Waals surface area contributed by atoms with Crippen LogP contribution in [-0.4, -0.2) is 39.4 Å². The number of hydrogen-bond donors (Lipinski definition) is 2. The highest BCUT2D eigenvalue weighted by molar-refractivity contribution is 7.89. The van der Waals surface area contributed by atoms with Crippen molar-refractivity contribution >= 4 is 39.9 Å². The quantitative estimate of drug-likeness (QED) is 0.665.